The molecule has 18 heavy (non-hydrogen) atoms. The molecule has 1 atom stereocenters. The highest BCUT2D eigenvalue weighted by molar-refractivity contribution is 7.99. The van der Waals surface area contributed by atoms with Crippen LogP contribution in [0.25, 0.3) is 0 Å². The van der Waals surface area contributed by atoms with Gasteiger partial charge in [-0.05, 0) is 71.7 Å². The summed E-state index contributed by atoms with van der Waals surface area (Å²) in [6.07, 6.45) is 5.51. The van der Waals surface area contributed by atoms with Crippen molar-refractivity contribution in [1.29, 1.82) is 0 Å². The van der Waals surface area contributed by atoms with Crippen LogP contribution >= 0.6 is 11.8 Å². The lowest BCUT2D eigenvalue weighted by Crippen LogP contribution is -2.43. The van der Waals surface area contributed by atoms with E-state index >= 15 is 0 Å². The van der Waals surface area contributed by atoms with E-state index in [1.165, 1.54) is 64.2 Å². The van der Waals surface area contributed by atoms with E-state index in [1.54, 1.807) is 0 Å². The molecule has 106 valence electrons. The lowest BCUT2D eigenvalue weighted by atomic mass is 10.1. The molecule has 0 spiro atoms. The first kappa shape index (κ1) is 14.6. The quantitative estimate of drug-likeness (QED) is 0.738. The van der Waals surface area contributed by atoms with E-state index in [1.807, 2.05) is 0 Å². The second kappa shape index (κ2) is 7.73. The van der Waals surface area contributed by atoms with E-state index in [4.69, 9.17) is 0 Å². The summed E-state index contributed by atoms with van der Waals surface area (Å²) < 4.78 is 0. The molecule has 2 saturated heterocycles. The zero-order valence-corrected chi connectivity index (χ0v) is 12.8. The van der Waals surface area contributed by atoms with Crippen LogP contribution in [-0.4, -0.2) is 73.7 Å². The lowest BCUT2D eigenvalue weighted by Gasteiger charge is -2.35. The van der Waals surface area contributed by atoms with Gasteiger partial charge in [-0.1, -0.05) is 0 Å². The van der Waals surface area contributed by atoms with E-state index in [-0.39, 0.29) is 0 Å². The molecule has 2 aliphatic rings. The highest BCUT2D eigenvalue weighted by atomic mass is 32.2. The Labute approximate surface area is 117 Å². The van der Waals surface area contributed by atoms with Crippen LogP contribution in [0.15, 0.2) is 0 Å². The van der Waals surface area contributed by atoms with Gasteiger partial charge in [0.2, 0.25) is 0 Å². The van der Waals surface area contributed by atoms with Crippen molar-refractivity contribution < 1.29 is 0 Å². The third-order valence-electron chi connectivity index (χ3n) is 4.13. The average Bonchev–Trinajstić information content (AvgIpc) is 2.89. The summed E-state index contributed by atoms with van der Waals surface area (Å²) >= 11 is 2.21. The van der Waals surface area contributed by atoms with Gasteiger partial charge in [-0.2, -0.15) is 11.8 Å². The molecule has 0 bridgehead atoms. The van der Waals surface area contributed by atoms with Crippen molar-refractivity contribution in [2.45, 2.75) is 37.0 Å². The molecule has 0 saturated carbocycles. The molecule has 4 heteroatoms. The molecule has 2 fully saturated rings. The number of likely N-dealkylation sites (tertiary alicyclic amines) is 1. The van der Waals surface area contributed by atoms with Gasteiger partial charge in [0, 0.05) is 17.8 Å². The number of nitrogens with one attached hydrogen (secondary N) is 1. The number of thioether (sulfide) groups is 1. The Bertz CT molecular complexity index is 221. The lowest BCUT2D eigenvalue weighted by molar-refractivity contribution is 0.176. The standard InChI is InChI=1S/C14H29N3S/c1-16(2)8-3-11-18-14-5-9-17(10-6-14)13-4-7-15-12-13/h13-15H,3-12H2,1-2H3. The summed E-state index contributed by atoms with van der Waals surface area (Å²) in [6.45, 7) is 6.35. The van der Waals surface area contributed by atoms with Crippen molar-refractivity contribution >= 4 is 11.8 Å². The fourth-order valence-corrected chi connectivity index (χ4v) is 4.16. The van der Waals surface area contributed by atoms with Gasteiger partial charge >= 0.3 is 0 Å². The minimum absolute atomic E-state index is 0.838. The van der Waals surface area contributed by atoms with Crippen molar-refractivity contribution in [2.75, 3.05) is 52.6 Å². The van der Waals surface area contributed by atoms with Crippen LogP contribution in [0.4, 0.5) is 0 Å². The molecule has 0 amide bonds. The fourth-order valence-electron chi connectivity index (χ4n) is 2.99. The minimum Gasteiger partial charge on any atom is -0.315 e. The predicted octanol–water partition coefficient (Wildman–Crippen LogP) is 1.50. The molecule has 0 aromatic heterocycles. The minimum atomic E-state index is 0.838. The van der Waals surface area contributed by atoms with Crippen LogP contribution in [-0.2, 0) is 0 Å². The number of hydrogen-bond donors (Lipinski definition) is 1. The molecule has 1 unspecified atom stereocenters. The molecule has 0 radical (unpaired) electrons. The van der Waals surface area contributed by atoms with Crippen LogP contribution < -0.4 is 5.32 Å². The van der Waals surface area contributed by atoms with Gasteiger partial charge in [0.1, 0.15) is 0 Å². The molecule has 0 aliphatic carbocycles. The van der Waals surface area contributed by atoms with E-state index < -0.39 is 0 Å². The molecule has 2 heterocycles. The Kier molecular flexibility index (Phi) is 6.29. The maximum atomic E-state index is 3.48. The van der Waals surface area contributed by atoms with Crippen LogP contribution in [0, 0.1) is 0 Å². The third-order valence-corrected chi connectivity index (χ3v) is 5.60. The van der Waals surface area contributed by atoms with Crippen LogP contribution in [0.1, 0.15) is 25.7 Å². The molecular formula is C14H29N3S. The highest BCUT2D eigenvalue weighted by Crippen LogP contribution is 2.25. The number of piperidine rings is 1. The fraction of sp³-hybridized carbons (Fsp3) is 1.00. The first-order valence-electron chi connectivity index (χ1n) is 7.47. The summed E-state index contributed by atoms with van der Waals surface area (Å²) in [7, 11) is 4.33. The number of rotatable bonds is 6. The number of nitrogens with zero attached hydrogens (tertiary/aromatic N) is 2. The first-order valence-corrected chi connectivity index (χ1v) is 8.51. The molecular weight excluding hydrogens is 242 g/mol. The second-order valence-electron chi connectivity index (χ2n) is 5.91. The van der Waals surface area contributed by atoms with Gasteiger partial charge in [-0.15, -0.1) is 0 Å². The van der Waals surface area contributed by atoms with Gasteiger partial charge in [0.05, 0.1) is 0 Å². The summed E-state index contributed by atoms with van der Waals surface area (Å²) in [6, 6.07) is 0.838. The summed E-state index contributed by atoms with van der Waals surface area (Å²) in [4.78, 5) is 5.01. The molecule has 2 aliphatic heterocycles. The Hall–Kier alpha value is 0.230. The average molecular weight is 271 g/mol. The number of hydrogen-bond acceptors (Lipinski definition) is 4. The van der Waals surface area contributed by atoms with E-state index in [0.29, 0.717) is 0 Å². The Balaban J connectivity index is 1.55. The molecule has 1 N–H and O–H groups in total. The maximum Gasteiger partial charge on any atom is 0.0232 e. The monoisotopic (exact) mass is 271 g/mol. The topological polar surface area (TPSA) is 18.5 Å². The second-order valence-corrected chi connectivity index (χ2v) is 7.32. The Morgan fingerprint density at radius 3 is 2.61 bits per heavy atom. The van der Waals surface area contributed by atoms with E-state index in [0.717, 1.165) is 11.3 Å². The maximum absolute atomic E-state index is 3.48. The summed E-state index contributed by atoms with van der Waals surface area (Å²) in [5.41, 5.74) is 0. The molecule has 3 nitrogen and oxygen atoms in total. The van der Waals surface area contributed by atoms with Gasteiger partial charge in [-0.25, -0.2) is 0 Å². The van der Waals surface area contributed by atoms with Crippen molar-refractivity contribution in [3.05, 3.63) is 0 Å². The van der Waals surface area contributed by atoms with Crippen molar-refractivity contribution in [3.63, 3.8) is 0 Å². The van der Waals surface area contributed by atoms with Gasteiger partial charge in [0.25, 0.3) is 0 Å². The van der Waals surface area contributed by atoms with Crippen molar-refractivity contribution in [2.24, 2.45) is 0 Å². The normalized spacial score (nSPS) is 27.2. The van der Waals surface area contributed by atoms with Crippen LogP contribution in [0.3, 0.4) is 0 Å². The summed E-state index contributed by atoms with van der Waals surface area (Å²) in [5.74, 6) is 1.34. The third kappa shape index (κ3) is 4.72. The van der Waals surface area contributed by atoms with Gasteiger partial charge in [-0.3, -0.25) is 4.90 Å². The zero-order chi connectivity index (χ0) is 12.8. The molecule has 0 aromatic rings. The van der Waals surface area contributed by atoms with Crippen LogP contribution in [0.2, 0.25) is 0 Å². The van der Waals surface area contributed by atoms with Gasteiger partial charge < -0.3 is 10.2 Å². The Morgan fingerprint density at radius 2 is 2.00 bits per heavy atom. The van der Waals surface area contributed by atoms with Crippen LogP contribution in [0.5, 0.6) is 0 Å². The summed E-state index contributed by atoms with van der Waals surface area (Å²) in [5, 5.41) is 4.41. The predicted molar refractivity (Wildman–Crippen MR) is 81.5 cm³/mol. The smallest absolute Gasteiger partial charge is 0.0232 e. The van der Waals surface area contributed by atoms with Crippen molar-refractivity contribution in [3.8, 4) is 0 Å². The van der Waals surface area contributed by atoms with E-state index in [2.05, 4.69) is 41.0 Å². The highest BCUT2D eigenvalue weighted by Gasteiger charge is 2.26. The van der Waals surface area contributed by atoms with E-state index in [9.17, 15) is 0 Å². The SMILES string of the molecule is CN(C)CCCSC1CCN(C2CCNC2)CC1. The molecule has 0 aromatic carbocycles. The Morgan fingerprint density at radius 1 is 1.22 bits per heavy atom. The van der Waals surface area contributed by atoms with Crippen molar-refractivity contribution in [1.82, 2.24) is 15.1 Å². The largest absolute Gasteiger partial charge is 0.315 e. The zero-order valence-electron chi connectivity index (χ0n) is 12.0. The first-order chi connectivity index (χ1) is 8.75. The van der Waals surface area contributed by atoms with Gasteiger partial charge in [0.15, 0.2) is 0 Å². The molecule has 2 rings (SSSR count).